The number of H-pyrrole nitrogens is 1. The molecule has 1 aliphatic rings. The van der Waals surface area contributed by atoms with Gasteiger partial charge in [0.05, 0.1) is 17.5 Å². The highest BCUT2D eigenvalue weighted by molar-refractivity contribution is 5.99. The van der Waals surface area contributed by atoms with Gasteiger partial charge in [-0.05, 0) is 25.1 Å². The minimum Gasteiger partial charge on any atom is -0.435 e. The van der Waals surface area contributed by atoms with Crippen molar-refractivity contribution < 1.29 is 18.3 Å². The minimum absolute atomic E-state index is 0.0365. The first-order valence-electron chi connectivity index (χ1n) is 7.74. The summed E-state index contributed by atoms with van der Waals surface area (Å²) in [6, 6.07) is 6.21. The Kier molecular flexibility index (Phi) is 5.05. The average Bonchev–Trinajstić information content (AvgIpc) is 2.89. The zero-order chi connectivity index (χ0) is 16.9. The highest BCUT2D eigenvalue weighted by atomic mass is 19.3. The quantitative estimate of drug-likeness (QED) is 0.897. The summed E-state index contributed by atoms with van der Waals surface area (Å²) >= 11 is 0. The predicted molar refractivity (Wildman–Crippen MR) is 84.0 cm³/mol. The van der Waals surface area contributed by atoms with E-state index in [0.29, 0.717) is 29.9 Å². The maximum Gasteiger partial charge on any atom is 0.387 e. The number of benzene rings is 1. The Morgan fingerprint density at radius 2 is 2.17 bits per heavy atom. The van der Waals surface area contributed by atoms with E-state index < -0.39 is 6.61 Å². The number of rotatable bonds is 4. The first kappa shape index (κ1) is 16.4. The SMILES string of the molecule is O=C(c1cn[nH]c1-c1cccc(OC(F)F)c1)N1CCCNCC1. The van der Waals surface area contributed by atoms with E-state index >= 15 is 0 Å². The monoisotopic (exact) mass is 336 g/mol. The Morgan fingerprint density at radius 1 is 1.29 bits per heavy atom. The van der Waals surface area contributed by atoms with E-state index in [-0.39, 0.29) is 11.7 Å². The molecule has 0 spiro atoms. The second kappa shape index (κ2) is 7.39. The van der Waals surface area contributed by atoms with Gasteiger partial charge in [0.1, 0.15) is 5.75 Å². The van der Waals surface area contributed by atoms with Gasteiger partial charge >= 0.3 is 6.61 Å². The molecule has 1 saturated heterocycles. The van der Waals surface area contributed by atoms with Crippen molar-refractivity contribution in [1.82, 2.24) is 20.4 Å². The van der Waals surface area contributed by atoms with Crippen molar-refractivity contribution in [3.63, 3.8) is 0 Å². The van der Waals surface area contributed by atoms with Crippen molar-refractivity contribution in [3.8, 4) is 17.0 Å². The Balaban J connectivity index is 1.86. The number of hydrogen-bond acceptors (Lipinski definition) is 4. The van der Waals surface area contributed by atoms with Crippen LogP contribution in [0, 0.1) is 0 Å². The van der Waals surface area contributed by atoms with Crippen LogP contribution in [-0.2, 0) is 0 Å². The Bertz CT molecular complexity index is 697. The van der Waals surface area contributed by atoms with Gasteiger partial charge < -0.3 is 15.0 Å². The number of nitrogens with zero attached hydrogens (tertiary/aromatic N) is 2. The van der Waals surface area contributed by atoms with E-state index in [1.54, 1.807) is 17.0 Å². The molecule has 2 N–H and O–H groups in total. The normalized spacial score (nSPS) is 15.4. The van der Waals surface area contributed by atoms with Crippen LogP contribution in [-0.4, -0.2) is 53.8 Å². The van der Waals surface area contributed by atoms with Crippen LogP contribution in [0.25, 0.3) is 11.3 Å². The van der Waals surface area contributed by atoms with Crippen LogP contribution < -0.4 is 10.1 Å². The first-order chi connectivity index (χ1) is 11.6. The van der Waals surface area contributed by atoms with Crippen molar-refractivity contribution in [3.05, 3.63) is 36.0 Å². The number of halogens is 2. The summed E-state index contributed by atoms with van der Waals surface area (Å²) in [5.41, 5.74) is 1.49. The van der Waals surface area contributed by atoms with E-state index in [4.69, 9.17) is 0 Å². The number of aromatic nitrogens is 2. The molecule has 1 aromatic carbocycles. The van der Waals surface area contributed by atoms with Crippen LogP contribution in [0.1, 0.15) is 16.8 Å². The van der Waals surface area contributed by atoms with E-state index in [0.717, 1.165) is 19.5 Å². The number of carbonyl (C=O) groups is 1. The predicted octanol–water partition coefficient (Wildman–Crippen LogP) is 2.11. The first-order valence-corrected chi connectivity index (χ1v) is 7.74. The number of amides is 1. The lowest BCUT2D eigenvalue weighted by atomic mass is 10.1. The minimum atomic E-state index is -2.90. The summed E-state index contributed by atoms with van der Waals surface area (Å²) in [7, 11) is 0. The lowest BCUT2D eigenvalue weighted by molar-refractivity contribution is -0.0498. The van der Waals surface area contributed by atoms with E-state index in [1.165, 1.54) is 18.3 Å². The van der Waals surface area contributed by atoms with Gasteiger partial charge in [0.2, 0.25) is 0 Å². The molecule has 1 aromatic heterocycles. The third kappa shape index (κ3) is 3.70. The van der Waals surface area contributed by atoms with Crippen molar-refractivity contribution in [2.45, 2.75) is 13.0 Å². The molecule has 2 aromatic rings. The Labute approximate surface area is 137 Å². The van der Waals surface area contributed by atoms with Gasteiger partial charge in [0.25, 0.3) is 5.91 Å². The summed E-state index contributed by atoms with van der Waals surface area (Å²) in [4.78, 5) is 14.5. The molecule has 0 aliphatic carbocycles. The molecule has 0 saturated carbocycles. The summed E-state index contributed by atoms with van der Waals surface area (Å²) in [5, 5.41) is 9.98. The summed E-state index contributed by atoms with van der Waals surface area (Å²) in [6.07, 6.45) is 2.35. The van der Waals surface area contributed by atoms with Crippen molar-refractivity contribution in [2.24, 2.45) is 0 Å². The Hall–Kier alpha value is -2.48. The van der Waals surface area contributed by atoms with Crippen molar-refractivity contribution in [1.29, 1.82) is 0 Å². The molecule has 1 fully saturated rings. The third-order valence-corrected chi connectivity index (χ3v) is 3.84. The molecule has 6 nitrogen and oxygen atoms in total. The van der Waals surface area contributed by atoms with Gasteiger partial charge in [-0.3, -0.25) is 9.89 Å². The van der Waals surface area contributed by atoms with Crippen LogP contribution in [0.5, 0.6) is 5.75 Å². The molecule has 2 heterocycles. The number of hydrogen-bond donors (Lipinski definition) is 2. The van der Waals surface area contributed by atoms with Crippen LogP contribution in [0.4, 0.5) is 8.78 Å². The lowest BCUT2D eigenvalue weighted by Crippen LogP contribution is -2.34. The highest BCUT2D eigenvalue weighted by Crippen LogP contribution is 2.26. The standard InChI is InChI=1S/C16H18F2N4O2/c17-16(18)24-12-4-1-3-11(9-12)14-13(10-20-21-14)15(23)22-7-2-5-19-6-8-22/h1,3-4,9-10,16,19H,2,5-8H2,(H,20,21). The molecule has 24 heavy (non-hydrogen) atoms. The topological polar surface area (TPSA) is 70.2 Å². The van der Waals surface area contributed by atoms with Crippen molar-refractivity contribution in [2.75, 3.05) is 26.2 Å². The van der Waals surface area contributed by atoms with Gasteiger partial charge in [-0.2, -0.15) is 13.9 Å². The molecule has 0 unspecified atom stereocenters. The van der Waals surface area contributed by atoms with Gasteiger partial charge in [0, 0.05) is 25.2 Å². The molecule has 8 heteroatoms. The number of alkyl halides is 2. The average molecular weight is 336 g/mol. The van der Waals surface area contributed by atoms with E-state index in [1.807, 2.05) is 0 Å². The van der Waals surface area contributed by atoms with E-state index in [9.17, 15) is 13.6 Å². The van der Waals surface area contributed by atoms with Gasteiger partial charge in [-0.25, -0.2) is 0 Å². The fraction of sp³-hybridized carbons (Fsp3) is 0.375. The zero-order valence-corrected chi connectivity index (χ0v) is 13.0. The van der Waals surface area contributed by atoms with Gasteiger partial charge in [-0.1, -0.05) is 12.1 Å². The van der Waals surface area contributed by atoms with E-state index in [2.05, 4.69) is 20.3 Å². The fourth-order valence-corrected chi connectivity index (χ4v) is 2.72. The number of aromatic amines is 1. The number of carbonyl (C=O) groups excluding carboxylic acids is 1. The Morgan fingerprint density at radius 3 is 3.00 bits per heavy atom. The maximum absolute atomic E-state index is 12.8. The highest BCUT2D eigenvalue weighted by Gasteiger charge is 2.22. The lowest BCUT2D eigenvalue weighted by Gasteiger charge is -2.19. The molecule has 0 bridgehead atoms. The number of nitrogens with one attached hydrogen (secondary N) is 2. The summed E-state index contributed by atoms with van der Waals surface area (Å²) < 4.78 is 29.2. The zero-order valence-electron chi connectivity index (χ0n) is 13.0. The van der Waals surface area contributed by atoms with Crippen LogP contribution >= 0.6 is 0 Å². The second-order valence-electron chi connectivity index (χ2n) is 5.46. The molecule has 0 atom stereocenters. The molecular formula is C16H18F2N4O2. The molecular weight excluding hydrogens is 318 g/mol. The van der Waals surface area contributed by atoms with Crippen LogP contribution in [0.3, 0.4) is 0 Å². The van der Waals surface area contributed by atoms with Crippen LogP contribution in [0.2, 0.25) is 0 Å². The molecule has 1 aliphatic heterocycles. The fourth-order valence-electron chi connectivity index (χ4n) is 2.72. The summed E-state index contributed by atoms with van der Waals surface area (Å²) in [5.74, 6) is -0.0860. The van der Waals surface area contributed by atoms with Crippen molar-refractivity contribution >= 4 is 5.91 Å². The van der Waals surface area contributed by atoms with Gasteiger partial charge in [0.15, 0.2) is 0 Å². The van der Waals surface area contributed by atoms with Gasteiger partial charge in [-0.15, -0.1) is 0 Å². The smallest absolute Gasteiger partial charge is 0.387 e. The second-order valence-corrected chi connectivity index (χ2v) is 5.46. The number of ether oxygens (including phenoxy) is 1. The maximum atomic E-state index is 12.8. The molecule has 0 radical (unpaired) electrons. The molecule has 128 valence electrons. The molecule has 1 amide bonds. The third-order valence-electron chi connectivity index (χ3n) is 3.84. The largest absolute Gasteiger partial charge is 0.435 e. The summed E-state index contributed by atoms with van der Waals surface area (Å²) in [6.45, 7) is 0.0296. The van der Waals surface area contributed by atoms with Crippen LogP contribution in [0.15, 0.2) is 30.5 Å². The molecule has 3 rings (SSSR count).